The predicted octanol–water partition coefficient (Wildman–Crippen LogP) is 3.63. The first-order valence-electron chi connectivity index (χ1n) is 11.8. The van der Waals surface area contributed by atoms with Gasteiger partial charge in [-0.1, -0.05) is 23.7 Å². The van der Waals surface area contributed by atoms with Crippen molar-refractivity contribution in [2.75, 3.05) is 12.4 Å². The number of nitrogens with zero attached hydrogens (tertiary/aromatic N) is 3. The molecule has 1 aromatic heterocycles. The normalized spacial score (nSPS) is 18.8. The van der Waals surface area contributed by atoms with Gasteiger partial charge in [0.25, 0.3) is 11.8 Å². The molecular weight excluding hydrogens is 501 g/mol. The second-order valence-electron chi connectivity index (χ2n) is 9.36. The van der Waals surface area contributed by atoms with Gasteiger partial charge in [-0.3, -0.25) is 14.4 Å². The van der Waals surface area contributed by atoms with Crippen LogP contribution in [0.3, 0.4) is 0 Å². The molecule has 1 saturated carbocycles. The number of carbonyl (C=O) groups excluding carboxylic acids is 3. The summed E-state index contributed by atoms with van der Waals surface area (Å²) < 4.78 is 20.1. The molecule has 0 bridgehead atoms. The Balaban J connectivity index is 1.41. The van der Waals surface area contributed by atoms with Gasteiger partial charge in [-0.05, 0) is 55.7 Å². The van der Waals surface area contributed by atoms with E-state index in [2.05, 4.69) is 15.6 Å². The number of amides is 3. The van der Waals surface area contributed by atoms with Gasteiger partial charge in [-0.25, -0.2) is 9.37 Å². The number of methoxy groups -OCH3 is 1. The summed E-state index contributed by atoms with van der Waals surface area (Å²) in [6.45, 7) is 2.02. The maximum Gasteiger partial charge on any atom is 0.276 e. The predicted molar refractivity (Wildman–Crippen MR) is 134 cm³/mol. The SMILES string of the molecule is COc1ccc(Cl)cc1NC(=O)c1ncn2c1C(=O)N(C1CC1)[C@@](C)(C(=O)NCc1ccc(F)cc1)C2. The summed E-state index contributed by atoms with van der Waals surface area (Å²) in [6.07, 6.45) is 2.93. The van der Waals surface area contributed by atoms with E-state index in [-0.39, 0.29) is 42.2 Å². The van der Waals surface area contributed by atoms with Crippen LogP contribution in [0.5, 0.6) is 5.75 Å². The van der Waals surface area contributed by atoms with Crippen LogP contribution in [0.4, 0.5) is 10.1 Å². The van der Waals surface area contributed by atoms with E-state index < -0.39 is 17.4 Å². The Bertz CT molecular complexity index is 1390. The van der Waals surface area contributed by atoms with E-state index >= 15 is 0 Å². The number of fused-ring (bicyclic) bond motifs is 1. The summed E-state index contributed by atoms with van der Waals surface area (Å²) in [5.41, 5.74) is -0.0532. The van der Waals surface area contributed by atoms with Gasteiger partial charge in [-0.2, -0.15) is 0 Å². The van der Waals surface area contributed by atoms with Gasteiger partial charge in [0.2, 0.25) is 5.91 Å². The molecule has 1 aliphatic heterocycles. The Labute approximate surface area is 217 Å². The number of benzene rings is 2. The van der Waals surface area contributed by atoms with Crippen LogP contribution in [0.1, 0.15) is 46.3 Å². The van der Waals surface area contributed by atoms with Gasteiger partial charge in [-0.15, -0.1) is 0 Å². The number of nitrogens with one attached hydrogen (secondary N) is 2. The van der Waals surface area contributed by atoms with Crippen LogP contribution in [0.2, 0.25) is 5.02 Å². The van der Waals surface area contributed by atoms with Crippen molar-refractivity contribution < 1.29 is 23.5 Å². The lowest BCUT2D eigenvalue weighted by Crippen LogP contribution is -2.64. The standard InChI is InChI=1S/C26H25ClFN5O4/c1-26(25(36)29-12-15-3-6-17(28)7-4-15)13-32-14-30-21(22(32)24(35)33(26)18-8-9-18)23(34)31-19-11-16(27)5-10-20(19)37-2/h3-7,10-11,14,18H,8-9,12-13H2,1-2H3,(H,29,36)(H,31,34)/t26-/m1/s1. The average molecular weight is 526 g/mol. The minimum atomic E-state index is -1.20. The molecule has 3 amide bonds. The van der Waals surface area contributed by atoms with E-state index in [0.717, 1.165) is 18.4 Å². The second kappa shape index (κ2) is 9.51. The van der Waals surface area contributed by atoms with Gasteiger partial charge in [0.05, 0.1) is 25.7 Å². The first-order valence-corrected chi connectivity index (χ1v) is 12.2. The molecule has 0 unspecified atom stereocenters. The highest BCUT2D eigenvalue weighted by atomic mass is 35.5. The van der Waals surface area contributed by atoms with Crippen molar-refractivity contribution in [1.29, 1.82) is 0 Å². The van der Waals surface area contributed by atoms with Crippen molar-refractivity contribution in [3.8, 4) is 5.75 Å². The number of aromatic nitrogens is 2. The first-order chi connectivity index (χ1) is 17.7. The molecule has 0 spiro atoms. The largest absolute Gasteiger partial charge is 0.495 e. The van der Waals surface area contributed by atoms with Crippen LogP contribution in [0.15, 0.2) is 48.8 Å². The Kier molecular flexibility index (Phi) is 6.36. The number of anilines is 1. The molecule has 2 aromatic carbocycles. The minimum absolute atomic E-state index is 0.0496. The van der Waals surface area contributed by atoms with Gasteiger partial charge in [0.1, 0.15) is 22.8 Å². The van der Waals surface area contributed by atoms with Gasteiger partial charge < -0.3 is 24.8 Å². The van der Waals surface area contributed by atoms with Gasteiger partial charge >= 0.3 is 0 Å². The molecule has 1 fully saturated rings. The Morgan fingerprint density at radius 1 is 1.22 bits per heavy atom. The molecule has 37 heavy (non-hydrogen) atoms. The molecular formula is C26H25ClFN5O4. The number of hydrogen-bond donors (Lipinski definition) is 2. The third-order valence-corrected chi connectivity index (χ3v) is 6.90. The summed E-state index contributed by atoms with van der Waals surface area (Å²) in [5, 5.41) is 6.00. The van der Waals surface area contributed by atoms with E-state index in [0.29, 0.717) is 16.5 Å². The maximum absolute atomic E-state index is 13.8. The summed E-state index contributed by atoms with van der Waals surface area (Å²) in [5.74, 6) is -1.33. The van der Waals surface area contributed by atoms with Crippen LogP contribution in [-0.2, 0) is 17.9 Å². The number of hydrogen-bond acceptors (Lipinski definition) is 5. The summed E-state index contributed by atoms with van der Waals surface area (Å²) in [4.78, 5) is 46.2. The van der Waals surface area contributed by atoms with Crippen LogP contribution < -0.4 is 15.4 Å². The smallest absolute Gasteiger partial charge is 0.276 e. The summed E-state index contributed by atoms with van der Waals surface area (Å²) >= 11 is 6.07. The molecule has 2 heterocycles. The molecule has 5 rings (SSSR count). The van der Waals surface area contributed by atoms with E-state index in [9.17, 15) is 18.8 Å². The zero-order valence-corrected chi connectivity index (χ0v) is 21.0. The van der Waals surface area contributed by atoms with Gasteiger partial charge in [0, 0.05) is 17.6 Å². The molecule has 11 heteroatoms. The lowest BCUT2D eigenvalue weighted by molar-refractivity contribution is -0.133. The van der Waals surface area contributed by atoms with Crippen molar-refractivity contribution >= 4 is 35.0 Å². The topological polar surface area (TPSA) is 106 Å². The number of rotatable bonds is 7. The van der Waals surface area contributed by atoms with Crippen LogP contribution in [0.25, 0.3) is 0 Å². The van der Waals surface area contributed by atoms with E-state index in [1.165, 1.54) is 25.6 Å². The molecule has 3 aromatic rings. The fraction of sp³-hybridized carbons (Fsp3) is 0.308. The van der Waals surface area contributed by atoms with Crippen molar-refractivity contribution in [3.63, 3.8) is 0 Å². The monoisotopic (exact) mass is 525 g/mol. The third kappa shape index (κ3) is 4.64. The van der Waals surface area contributed by atoms with Crippen LogP contribution >= 0.6 is 11.6 Å². The van der Waals surface area contributed by atoms with Crippen LogP contribution in [0, 0.1) is 5.82 Å². The van der Waals surface area contributed by atoms with Crippen molar-refractivity contribution in [2.24, 2.45) is 0 Å². The lowest BCUT2D eigenvalue weighted by Gasteiger charge is -2.44. The molecule has 1 atom stereocenters. The minimum Gasteiger partial charge on any atom is -0.495 e. The molecule has 2 N–H and O–H groups in total. The Morgan fingerprint density at radius 3 is 2.62 bits per heavy atom. The number of carbonyl (C=O) groups is 3. The lowest BCUT2D eigenvalue weighted by atomic mass is 9.93. The Hall–Kier alpha value is -3.92. The molecule has 2 aliphatic rings. The summed E-state index contributed by atoms with van der Waals surface area (Å²) in [7, 11) is 1.47. The van der Waals surface area contributed by atoms with E-state index in [4.69, 9.17) is 16.3 Å². The molecule has 0 saturated heterocycles. The number of halogens is 2. The number of ether oxygens (including phenoxy) is 1. The Morgan fingerprint density at radius 2 is 1.95 bits per heavy atom. The molecule has 1 aliphatic carbocycles. The van der Waals surface area contributed by atoms with E-state index in [1.807, 2.05) is 0 Å². The molecule has 0 radical (unpaired) electrons. The van der Waals surface area contributed by atoms with Crippen LogP contribution in [-0.4, -0.2) is 50.9 Å². The molecule has 192 valence electrons. The third-order valence-electron chi connectivity index (χ3n) is 6.66. The van der Waals surface area contributed by atoms with Gasteiger partial charge in [0.15, 0.2) is 5.69 Å². The highest BCUT2D eigenvalue weighted by Gasteiger charge is 2.53. The second-order valence-corrected chi connectivity index (χ2v) is 9.79. The fourth-order valence-corrected chi connectivity index (χ4v) is 4.83. The summed E-state index contributed by atoms with van der Waals surface area (Å²) in [6, 6.07) is 10.5. The first kappa shape index (κ1) is 24.8. The number of imidazole rings is 1. The molecule has 9 nitrogen and oxygen atoms in total. The zero-order chi connectivity index (χ0) is 26.3. The zero-order valence-electron chi connectivity index (χ0n) is 20.3. The van der Waals surface area contributed by atoms with Crippen molar-refractivity contribution in [1.82, 2.24) is 19.8 Å². The van der Waals surface area contributed by atoms with Crippen molar-refractivity contribution in [2.45, 2.75) is 44.4 Å². The van der Waals surface area contributed by atoms with Crippen molar-refractivity contribution in [3.05, 3.63) is 76.6 Å². The quantitative estimate of drug-likeness (QED) is 0.490. The fourth-order valence-electron chi connectivity index (χ4n) is 4.66. The van der Waals surface area contributed by atoms with E-state index in [1.54, 1.807) is 46.7 Å². The average Bonchev–Trinajstić information content (AvgIpc) is 3.61. The highest BCUT2D eigenvalue weighted by Crippen LogP contribution is 2.39. The maximum atomic E-state index is 13.8. The highest BCUT2D eigenvalue weighted by molar-refractivity contribution is 6.31.